The first-order valence-electron chi connectivity index (χ1n) is 7.53. The molecular formula is C17H22N4O2. The van der Waals surface area contributed by atoms with Crippen LogP contribution in [0.3, 0.4) is 0 Å². The summed E-state index contributed by atoms with van der Waals surface area (Å²) in [6, 6.07) is 9.35. The Morgan fingerprint density at radius 3 is 2.78 bits per heavy atom. The predicted octanol–water partition coefficient (Wildman–Crippen LogP) is 2.12. The molecule has 1 atom stereocenters. The van der Waals surface area contributed by atoms with E-state index < -0.39 is 0 Å². The lowest BCUT2D eigenvalue weighted by Gasteiger charge is -2.23. The van der Waals surface area contributed by atoms with E-state index in [2.05, 4.69) is 17.0 Å². The molecule has 0 aliphatic rings. The van der Waals surface area contributed by atoms with Gasteiger partial charge >= 0.3 is 6.03 Å². The van der Waals surface area contributed by atoms with Gasteiger partial charge < -0.3 is 15.3 Å². The zero-order valence-corrected chi connectivity index (χ0v) is 13.2. The highest BCUT2D eigenvalue weighted by Gasteiger charge is 2.15. The van der Waals surface area contributed by atoms with Crippen LogP contribution in [0.5, 0.6) is 0 Å². The fraction of sp³-hybridized carbons (Fsp3) is 0.294. The topological polar surface area (TPSA) is 70.4 Å². The molecule has 6 heteroatoms. The lowest BCUT2D eigenvalue weighted by Crippen LogP contribution is -2.42. The summed E-state index contributed by atoms with van der Waals surface area (Å²) in [6.07, 6.45) is 5.24. The number of aliphatic hydroxyl groups is 1. The number of nitrogens with zero attached hydrogens (tertiary/aromatic N) is 3. The van der Waals surface area contributed by atoms with E-state index in [9.17, 15) is 4.79 Å². The van der Waals surface area contributed by atoms with Crippen molar-refractivity contribution in [3.63, 3.8) is 0 Å². The number of carbonyl (C=O) groups is 1. The van der Waals surface area contributed by atoms with Crippen molar-refractivity contribution in [2.75, 3.05) is 19.7 Å². The zero-order valence-electron chi connectivity index (χ0n) is 13.2. The van der Waals surface area contributed by atoms with Gasteiger partial charge in [0.25, 0.3) is 0 Å². The van der Waals surface area contributed by atoms with Crippen LogP contribution in [-0.2, 0) is 0 Å². The van der Waals surface area contributed by atoms with Gasteiger partial charge in [-0.15, -0.1) is 6.58 Å². The molecular weight excluding hydrogens is 292 g/mol. The third-order valence-corrected chi connectivity index (χ3v) is 3.51. The lowest BCUT2D eigenvalue weighted by molar-refractivity contribution is 0.181. The van der Waals surface area contributed by atoms with E-state index in [0.29, 0.717) is 6.54 Å². The molecule has 2 aromatic rings. The van der Waals surface area contributed by atoms with Gasteiger partial charge in [0, 0.05) is 25.5 Å². The molecule has 1 heterocycles. The largest absolute Gasteiger partial charge is 0.395 e. The third kappa shape index (κ3) is 4.43. The Kier molecular flexibility index (Phi) is 5.94. The maximum Gasteiger partial charge on any atom is 0.318 e. The molecule has 0 saturated heterocycles. The normalized spacial score (nSPS) is 11.7. The molecule has 2 amide bonds. The van der Waals surface area contributed by atoms with E-state index in [1.54, 1.807) is 17.0 Å². The van der Waals surface area contributed by atoms with Crippen molar-refractivity contribution >= 4 is 6.03 Å². The molecule has 1 unspecified atom stereocenters. The number of hydrogen-bond donors (Lipinski definition) is 2. The van der Waals surface area contributed by atoms with Gasteiger partial charge in [-0.25, -0.2) is 9.48 Å². The Balaban J connectivity index is 2.01. The highest BCUT2D eigenvalue weighted by Crippen LogP contribution is 2.15. The Morgan fingerprint density at radius 1 is 1.48 bits per heavy atom. The predicted molar refractivity (Wildman–Crippen MR) is 89.4 cm³/mol. The highest BCUT2D eigenvalue weighted by molar-refractivity contribution is 5.74. The Bertz CT molecular complexity index is 623. The van der Waals surface area contributed by atoms with E-state index >= 15 is 0 Å². The van der Waals surface area contributed by atoms with Crippen LogP contribution in [0.1, 0.15) is 18.5 Å². The van der Waals surface area contributed by atoms with Gasteiger partial charge in [-0.1, -0.05) is 18.2 Å². The number of urea groups is 1. The van der Waals surface area contributed by atoms with Crippen molar-refractivity contribution in [3.05, 3.63) is 60.9 Å². The molecule has 1 aromatic carbocycles. The summed E-state index contributed by atoms with van der Waals surface area (Å²) in [5.74, 6) is 0. The van der Waals surface area contributed by atoms with Crippen molar-refractivity contribution < 1.29 is 9.90 Å². The van der Waals surface area contributed by atoms with Crippen LogP contribution in [0.4, 0.5) is 4.79 Å². The monoisotopic (exact) mass is 314 g/mol. The van der Waals surface area contributed by atoms with Gasteiger partial charge in [-0.05, 0) is 30.7 Å². The first-order chi connectivity index (χ1) is 11.2. The number of amides is 2. The molecule has 0 spiro atoms. The third-order valence-electron chi connectivity index (χ3n) is 3.51. The molecule has 0 radical (unpaired) electrons. The summed E-state index contributed by atoms with van der Waals surface area (Å²) >= 11 is 0. The van der Waals surface area contributed by atoms with Gasteiger partial charge in [-0.2, -0.15) is 5.10 Å². The van der Waals surface area contributed by atoms with Crippen molar-refractivity contribution in [1.82, 2.24) is 20.0 Å². The molecule has 122 valence electrons. The second-order valence-corrected chi connectivity index (χ2v) is 5.17. The van der Waals surface area contributed by atoms with Crippen molar-refractivity contribution in [3.8, 4) is 5.69 Å². The van der Waals surface area contributed by atoms with Gasteiger partial charge in [0.05, 0.1) is 18.3 Å². The van der Waals surface area contributed by atoms with Crippen LogP contribution >= 0.6 is 0 Å². The molecule has 1 aromatic heterocycles. The van der Waals surface area contributed by atoms with Gasteiger partial charge in [0.1, 0.15) is 0 Å². The highest BCUT2D eigenvalue weighted by atomic mass is 16.3. The number of aromatic nitrogens is 2. The number of aliphatic hydroxyl groups excluding tert-OH is 1. The summed E-state index contributed by atoms with van der Waals surface area (Å²) in [4.78, 5) is 13.7. The van der Waals surface area contributed by atoms with Crippen molar-refractivity contribution in [2.45, 2.75) is 13.0 Å². The summed E-state index contributed by atoms with van der Waals surface area (Å²) in [6.45, 7) is 6.15. The van der Waals surface area contributed by atoms with Crippen LogP contribution < -0.4 is 5.32 Å². The van der Waals surface area contributed by atoms with E-state index in [0.717, 1.165) is 11.3 Å². The Morgan fingerprint density at radius 2 is 2.22 bits per heavy atom. The first kappa shape index (κ1) is 16.8. The fourth-order valence-corrected chi connectivity index (χ4v) is 2.25. The minimum Gasteiger partial charge on any atom is -0.395 e. The fourth-order valence-electron chi connectivity index (χ4n) is 2.25. The molecule has 0 aliphatic heterocycles. The number of benzene rings is 1. The number of rotatable bonds is 7. The maximum absolute atomic E-state index is 12.2. The molecule has 6 nitrogen and oxygen atoms in total. The number of carbonyl (C=O) groups excluding carboxylic acids is 1. The smallest absolute Gasteiger partial charge is 0.318 e. The van der Waals surface area contributed by atoms with Crippen LogP contribution in [0.15, 0.2) is 55.4 Å². The average Bonchev–Trinajstić information content (AvgIpc) is 3.09. The maximum atomic E-state index is 12.2. The zero-order chi connectivity index (χ0) is 16.7. The summed E-state index contributed by atoms with van der Waals surface area (Å²) in [7, 11) is 0. The molecule has 2 N–H and O–H groups in total. The molecule has 0 aliphatic carbocycles. The summed E-state index contributed by atoms with van der Waals surface area (Å²) < 4.78 is 1.78. The van der Waals surface area contributed by atoms with Gasteiger partial charge in [-0.3, -0.25) is 0 Å². The molecule has 2 rings (SSSR count). The Labute approximate surface area is 136 Å². The number of hydrogen-bond acceptors (Lipinski definition) is 3. The van der Waals surface area contributed by atoms with E-state index in [-0.39, 0.29) is 25.2 Å². The lowest BCUT2D eigenvalue weighted by atomic mass is 10.1. The van der Waals surface area contributed by atoms with Crippen molar-refractivity contribution in [1.29, 1.82) is 0 Å². The first-order valence-corrected chi connectivity index (χ1v) is 7.53. The minimum atomic E-state index is -0.220. The molecule has 0 fully saturated rings. The quantitative estimate of drug-likeness (QED) is 0.769. The van der Waals surface area contributed by atoms with Crippen LogP contribution in [0, 0.1) is 0 Å². The van der Waals surface area contributed by atoms with E-state index in [1.165, 1.54) is 4.90 Å². The summed E-state index contributed by atoms with van der Waals surface area (Å²) in [5.41, 5.74) is 1.96. The van der Waals surface area contributed by atoms with E-state index in [4.69, 9.17) is 5.11 Å². The molecule has 0 bridgehead atoms. The Hall–Kier alpha value is -2.60. The minimum absolute atomic E-state index is 0.0752. The van der Waals surface area contributed by atoms with Crippen LogP contribution in [-0.4, -0.2) is 45.5 Å². The molecule has 0 saturated carbocycles. The van der Waals surface area contributed by atoms with Gasteiger partial charge in [0.15, 0.2) is 0 Å². The van der Waals surface area contributed by atoms with E-state index in [1.807, 2.05) is 43.5 Å². The van der Waals surface area contributed by atoms with Gasteiger partial charge in [0.2, 0.25) is 0 Å². The second kappa shape index (κ2) is 8.14. The SMILES string of the molecule is C=CCN(CCO)C(=O)NC(C)c1ccc(-n2cccn2)cc1. The van der Waals surface area contributed by atoms with Crippen LogP contribution in [0.2, 0.25) is 0 Å². The average molecular weight is 314 g/mol. The second-order valence-electron chi connectivity index (χ2n) is 5.17. The number of nitrogens with one attached hydrogen (secondary N) is 1. The molecule has 23 heavy (non-hydrogen) atoms. The van der Waals surface area contributed by atoms with Crippen LogP contribution in [0.25, 0.3) is 5.69 Å². The standard InChI is InChI=1S/C17H22N4O2/c1-3-10-20(12-13-22)17(23)19-14(2)15-5-7-16(8-6-15)21-11-4-9-18-21/h3-9,11,14,22H,1,10,12-13H2,2H3,(H,19,23). The summed E-state index contributed by atoms with van der Waals surface area (Å²) in [5, 5.41) is 16.1. The van der Waals surface area contributed by atoms with Crippen molar-refractivity contribution in [2.24, 2.45) is 0 Å².